The molecule has 1 aliphatic heterocycles. The number of hydrogen-bond donors (Lipinski definition) is 1. The van der Waals surface area contributed by atoms with Crippen molar-refractivity contribution in [3.63, 3.8) is 0 Å². The number of aliphatic carboxylic acids is 1. The van der Waals surface area contributed by atoms with Gasteiger partial charge in [0, 0.05) is 20.3 Å². The fourth-order valence-corrected chi connectivity index (χ4v) is 1.63. The maximum Gasteiger partial charge on any atom is 0.332 e. The second kappa shape index (κ2) is 5.78. The van der Waals surface area contributed by atoms with Crippen LogP contribution >= 0.6 is 0 Å². The van der Waals surface area contributed by atoms with Crippen LogP contribution in [0.5, 0.6) is 0 Å². The van der Waals surface area contributed by atoms with Crippen LogP contribution < -0.4 is 5.11 Å². The van der Waals surface area contributed by atoms with Gasteiger partial charge in [-0.3, -0.25) is 24.4 Å². The van der Waals surface area contributed by atoms with Gasteiger partial charge in [-0.1, -0.05) is 0 Å². The van der Waals surface area contributed by atoms with Gasteiger partial charge in [-0.15, -0.1) is 0 Å². The Morgan fingerprint density at radius 2 is 1.75 bits per heavy atom. The van der Waals surface area contributed by atoms with Gasteiger partial charge in [0.15, 0.2) is 5.92 Å². The Bertz CT molecular complexity index is 463. The summed E-state index contributed by atoms with van der Waals surface area (Å²) in [6.07, 6.45) is -0.528. The topological polar surface area (TPSA) is 130 Å². The smallest absolute Gasteiger partial charge is 0.332 e. The predicted octanol–water partition coefficient (Wildman–Crippen LogP) is -2.78. The lowest BCUT2D eigenvalue weighted by atomic mass is 10.1. The number of carbonyl (C=O) groups is 4. The molecule has 9 nitrogen and oxygen atoms in total. The van der Waals surface area contributed by atoms with Crippen LogP contribution in [0.3, 0.4) is 0 Å². The van der Waals surface area contributed by atoms with E-state index in [9.17, 15) is 29.4 Å². The van der Waals surface area contributed by atoms with Crippen LogP contribution in [0.15, 0.2) is 4.99 Å². The van der Waals surface area contributed by atoms with Crippen molar-refractivity contribution in [3.8, 4) is 0 Å². The van der Waals surface area contributed by atoms with Gasteiger partial charge >= 0.3 is 6.03 Å². The highest BCUT2D eigenvalue weighted by Gasteiger charge is 2.41. The molecule has 0 aromatic carbocycles. The lowest BCUT2D eigenvalue weighted by molar-refractivity contribution is -0.309. The highest BCUT2D eigenvalue weighted by atomic mass is 16.4. The number of aliphatic imine (C=N–C) groups is 1. The van der Waals surface area contributed by atoms with E-state index in [2.05, 4.69) is 4.99 Å². The van der Waals surface area contributed by atoms with Crippen molar-refractivity contribution in [2.75, 3.05) is 14.1 Å². The molecule has 2 atom stereocenters. The first kappa shape index (κ1) is 15.8. The number of barbiturate groups is 1. The van der Waals surface area contributed by atoms with Crippen molar-refractivity contribution in [1.82, 2.24) is 9.80 Å². The quantitative estimate of drug-likeness (QED) is 0.439. The number of carbonyl (C=O) groups excluding carboxylic acids is 4. The molecule has 110 valence electrons. The van der Waals surface area contributed by atoms with Crippen LogP contribution in [-0.4, -0.2) is 71.2 Å². The summed E-state index contributed by atoms with van der Waals surface area (Å²) >= 11 is 0. The van der Waals surface area contributed by atoms with E-state index >= 15 is 0 Å². The Morgan fingerprint density at radius 1 is 1.30 bits per heavy atom. The molecule has 1 aliphatic rings. The van der Waals surface area contributed by atoms with Crippen molar-refractivity contribution >= 4 is 30.0 Å². The SMILES string of the molecule is C[C@@H](O)[C@@H](N=CC1C(=O)N(C)C(=O)N(C)C1=O)C(=O)[O-]. The van der Waals surface area contributed by atoms with Gasteiger partial charge in [0.2, 0.25) is 11.8 Å². The number of nitrogens with zero attached hydrogens (tertiary/aromatic N) is 3. The number of urea groups is 1. The van der Waals surface area contributed by atoms with E-state index in [4.69, 9.17) is 0 Å². The number of carboxylic acids is 1. The Labute approximate surface area is 114 Å². The van der Waals surface area contributed by atoms with Gasteiger partial charge < -0.3 is 15.0 Å². The van der Waals surface area contributed by atoms with Crippen molar-refractivity contribution in [3.05, 3.63) is 0 Å². The van der Waals surface area contributed by atoms with E-state index < -0.39 is 41.9 Å². The van der Waals surface area contributed by atoms with Crippen LogP contribution in [0.2, 0.25) is 0 Å². The minimum Gasteiger partial charge on any atom is -0.548 e. The Morgan fingerprint density at radius 3 is 2.10 bits per heavy atom. The number of aliphatic hydroxyl groups is 1. The fraction of sp³-hybridized carbons (Fsp3) is 0.545. The van der Waals surface area contributed by atoms with E-state index in [1.54, 1.807) is 0 Å². The predicted molar refractivity (Wildman–Crippen MR) is 63.4 cm³/mol. The van der Waals surface area contributed by atoms with Gasteiger partial charge in [-0.25, -0.2) is 4.79 Å². The maximum absolute atomic E-state index is 11.8. The van der Waals surface area contributed by atoms with Crippen molar-refractivity contribution in [2.45, 2.75) is 19.1 Å². The molecule has 20 heavy (non-hydrogen) atoms. The summed E-state index contributed by atoms with van der Waals surface area (Å²) in [5.41, 5.74) is 0. The molecule has 1 rings (SSSR count). The zero-order chi connectivity index (χ0) is 15.6. The summed E-state index contributed by atoms with van der Waals surface area (Å²) in [4.78, 5) is 50.7. The number of amides is 4. The first-order valence-electron chi connectivity index (χ1n) is 5.69. The highest BCUT2D eigenvalue weighted by molar-refractivity contribution is 6.23. The second-order valence-corrected chi connectivity index (χ2v) is 4.36. The third-order valence-corrected chi connectivity index (χ3v) is 2.86. The number of aliphatic hydroxyl groups excluding tert-OH is 1. The van der Waals surface area contributed by atoms with Gasteiger partial charge in [0.05, 0.1) is 12.1 Å². The average Bonchev–Trinajstić information content (AvgIpc) is 2.37. The van der Waals surface area contributed by atoms with Crippen molar-refractivity contribution in [2.24, 2.45) is 10.9 Å². The van der Waals surface area contributed by atoms with Crippen LogP contribution in [0.4, 0.5) is 4.79 Å². The van der Waals surface area contributed by atoms with E-state index in [0.717, 1.165) is 16.0 Å². The zero-order valence-corrected chi connectivity index (χ0v) is 11.1. The first-order valence-corrected chi connectivity index (χ1v) is 5.69. The average molecular weight is 284 g/mol. The van der Waals surface area contributed by atoms with Gasteiger partial charge in [0.25, 0.3) is 0 Å². The third-order valence-electron chi connectivity index (χ3n) is 2.86. The minimum absolute atomic E-state index is 0.731. The van der Waals surface area contributed by atoms with Crippen molar-refractivity contribution < 1.29 is 29.4 Å². The van der Waals surface area contributed by atoms with E-state index in [-0.39, 0.29) is 0 Å². The maximum atomic E-state index is 11.8. The lowest BCUT2D eigenvalue weighted by Crippen LogP contribution is -2.57. The molecule has 0 aromatic rings. The summed E-state index contributed by atoms with van der Waals surface area (Å²) in [5, 5.41) is 19.9. The molecule has 1 heterocycles. The van der Waals surface area contributed by atoms with Crippen LogP contribution in [0.1, 0.15) is 6.92 Å². The highest BCUT2D eigenvalue weighted by Crippen LogP contribution is 2.14. The van der Waals surface area contributed by atoms with Gasteiger partial charge in [-0.05, 0) is 6.92 Å². The normalized spacial score (nSPS) is 20.7. The summed E-state index contributed by atoms with van der Waals surface area (Å²) in [5.74, 6) is -4.66. The largest absolute Gasteiger partial charge is 0.548 e. The van der Waals surface area contributed by atoms with Gasteiger partial charge in [-0.2, -0.15) is 0 Å². The molecule has 1 saturated heterocycles. The monoisotopic (exact) mass is 284 g/mol. The number of hydrogen-bond acceptors (Lipinski definition) is 7. The molecular formula is C11H14N3O6-. The molecule has 0 aromatic heterocycles. The molecule has 0 spiro atoms. The number of rotatable bonds is 4. The van der Waals surface area contributed by atoms with Gasteiger partial charge in [0.1, 0.15) is 6.04 Å². The molecule has 0 aliphatic carbocycles. The minimum atomic E-state index is -1.63. The third kappa shape index (κ3) is 2.82. The molecule has 0 saturated carbocycles. The molecule has 0 unspecified atom stereocenters. The van der Waals surface area contributed by atoms with E-state index in [1.165, 1.54) is 21.0 Å². The van der Waals surface area contributed by atoms with Crippen LogP contribution in [0, 0.1) is 5.92 Å². The summed E-state index contributed by atoms with van der Waals surface area (Å²) in [6, 6.07) is -2.37. The molecular weight excluding hydrogens is 270 g/mol. The van der Waals surface area contributed by atoms with E-state index in [0.29, 0.717) is 0 Å². The Kier molecular flexibility index (Phi) is 4.56. The standard InChI is InChI=1S/C11H15N3O6/c1-5(15)7(10(18)19)12-4-6-8(16)13(2)11(20)14(3)9(6)17/h4-7,15H,1-3H3,(H,18,19)/p-1/t5-,7-/m1/s1. The second-order valence-electron chi connectivity index (χ2n) is 4.36. The summed E-state index contributed by atoms with van der Waals surface area (Å²) in [7, 11) is 2.39. The summed E-state index contributed by atoms with van der Waals surface area (Å²) in [6.45, 7) is 1.18. The fourth-order valence-electron chi connectivity index (χ4n) is 1.63. The van der Waals surface area contributed by atoms with Crippen molar-refractivity contribution in [1.29, 1.82) is 0 Å². The molecule has 9 heteroatoms. The first-order chi connectivity index (χ1) is 9.18. The Hall–Kier alpha value is -2.29. The molecule has 1 N–H and O–H groups in total. The van der Waals surface area contributed by atoms with Crippen LogP contribution in [-0.2, 0) is 14.4 Å². The molecule has 4 amide bonds. The van der Waals surface area contributed by atoms with E-state index in [1.807, 2.05) is 0 Å². The number of imide groups is 2. The molecule has 0 radical (unpaired) electrons. The zero-order valence-electron chi connectivity index (χ0n) is 11.1. The Balaban J connectivity index is 3.00. The molecule has 1 fully saturated rings. The number of carboxylic acid groups (broad SMARTS) is 1. The van der Waals surface area contributed by atoms with Crippen LogP contribution in [0.25, 0.3) is 0 Å². The summed E-state index contributed by atoms with van der Waals surface area (Å²) < 4.78 is 0. The lowest BCUT2D eigenvalue weighted by Gasteiger charge is -2.31. The molecule has 0 bridgehead atoms.